The highest BCUT2D eigenvalue weighted by Crippen LogP contribution is 2.15. The van der Waals surface area contributed by atoms with Gasteiger partial charge in [0.25, 0.3) is 0 Å². The number of halogens is 2. The third-order valence-electron chi connectivity index (χ3n) is 2.31. The van der Waals surface area contributed by atoms with Gasteiger partial charge in [-0.25, -0.2) is 8.78 Å². The molecule has 0 heterocycles. The molecule has 1 aromatic rings. The molecule has 0 spiro atoms. The Morgan fingerprint density at radius 2 is 2.06 bits per heavy atom. The largest absolute Gasteiger partial charge is 0.396 e. The summed E-state index contributed by atoms with van der Waals surface area (Å²) < 4.78 is 25.7. The molecule has 0 fully saturated rings. The average molecular weight is 230 g/mol. The summed E-state index contributed by atoms with van der Waals surface area (Å²) >= 11 is 0. The molecule has 0 bridgehead atoms. The number of aliphatic hydroxyl groups excluding tert-OH is 1. The molecule has 90 valence electrons. The molecule has 5 heteroatoms. The van der Waals surface area contributed by atoms with Crippen molar-refractivity contribution in [1.82, 2.24) is 5.32 Å². The minimum absolute atomic E-state index is 0.0854. The van der Waals surface area contributed by atoms with Crippen LogP contribution in [0.25, 0.3) is 0 Å². The Bertz CT molecular complexity index is 334. The van der Waals surface area contributed by atoms with Crippen molar-refractivity contribution in [3.63, 3.8) is 0 Å². The van der Waals surface area contributed by atoms with E-state index in [9.17, 15) is 8.78 Å². The summed E-state index contributed by atoms with van der Waals surface area (Å²) in [6, 6.07) is 3.50. The number of rotatable bonds is 6. The van der Waals surface area contributed by atoms with Crippen molar-refractivity contribution in [2.75, 3.05) is 19.7 Å². The minimum atomic E-state index is -0.875. The monoisotopic (exact) mass is 230 g/mol. The fourth-order valence-electron chi connectivity index (χ4n) is 1.42. The number of nitrogens with two attached hydrogens (primary N) is 1. The van der Waals surface area contributed by atoms with Crippen LogP contribution in [0.15, 0.2) is 18.2 Å². The average Bonchev–Trinajstić information content (AvgIpc) is 2.29. The quantitative estimate of drug-likeness (QED) is 0.637. The van der Waals surface area contributed by atoms with E-state index in [0.29, 0.717) is 18.5 Å². The normalized spacial score (nSPS) is 12.8. The maximum atomic E-state index is 13.0. The van der Waals surface area contributed by atoms with Gasteiger partial charge in [-0.1, -0.05) is 6.07 Å². The summed E-state index contributed by atoms with van der Waals surface area (Å²) in [5.74, 6) is -1.74. The first kappa shape index (κ1) is 13.0. The van der Waals surface area contributed by atoms with E-state index in [4.69, 9.17) is 10.8 Å². The van der Waals surface area contributed by atoms with E-state index in [1.54, 1.807) is 0 Å². The van der Waals surface area contributed by atoms with Crippen LogP contribution in [0.1, 0.15) is 18.0 Å². The molecule has 3 nitrogen and oxygen atoms in total. The van der Waals surface area contributed by atoms with Gasteiger partial charge in [0.1, 0.15) is 0 Å². The number of hydrogen-bond acceptors (Lipinski definition) is 3. The first-order valence-electron chi connectivity index (χ1n) is 5.18. The Morgan fingerprint density at radius 3 is 2.62 bits per heavy atom. The molecule has 0 amide bonds. The molecule has 0 saturated heterocycles. The Kier molecular flexibility index (Phi) is 5.31. The summed E-state index contributed by atoms with van der Waals surface area (Å²) in [7, 11) is 0. The molecule has 0 radical (unpaired) electrons. The van der Waals surface area contributed by atoms with Gasteiger partial charge in [0, 0.05) is 19.2 Å². The van der Waals surface area contributed by atoms with Crippen molar-refractivity contribution in [1.29, 1.82) is 0 Å². The summed E-state index contributed by atoms with van der Waals surface area (Å²) in [6.45, 7) is 0.954. The van der Waals surface area contributed by atoms with Gasteiger partial charge in [0.2, 0.25) is 0 Å². The fraction of sp³-hybridized carbons (Fsp3) is 0.455. The lowest BCUT2D eigenvalue weighted by Crippen LogP contribution is -2.29. The van der Waals surface area contributed by atoms with Gasteiger partial charge in [0.05, 0.1) is 0 Å². The molecule has 1 atom stereocenters. The highest BCUT2D eigenvalue weighted by molar-refractivity contribution is 5.21. The standard InChI is InChI=1S/C11H16F2N2O/c12-9-3-2-8(6-10(9)13)11(7-14)15-4-1-5-16/h2-3,6,11,15-16H,1,4-5,7,14H2. The molecule has 1 rings (SSSR count). The number of benzene rings is 1. The van der Waals surface area contributed by atoms with Crippen LogP contribution in [0.2, 0.25) is 0 Å². The molecule has 1 aromatic carbocycles. The van der Waals surface area contributed by atoms with Gasteiger partial charge in [-0.05, 0) is 30.7 Å². The van der Waals surface area contributed by atoms with Gasteiger partial charge in [-0.15, -0.1) is 0 Å². The van der Waals surface area contributed by atoms with Crippen molar-refractivity contribution in [2.45, 2.75) is 12.5 Å². The lowest BCUT2D eigenvalue weighted by Gasteiger charge is -2.17. The second-order valence-corrected chi connectivity index (χ2v) is 3.49. The first-order chi connectivity index (χ1) is 7.69. The van der Waals surface area contributed by atoms with E-state index < -0.39 is 11.6 Å². The molecule has 4 N–H and O–H groups in total. The molecular weight excluding hydrogens is 214 g/mol. The smallest absolute Gasteiger partial charge is 0.159 e. The van der Waals surface area contributed by atoms with Crippen LogP contribution in [0.5, 0.6) is 0 Å². The molecule has 0 aliphatic carbocycles. The second kappa shape index (κ2) is 6.52. The van der Waals surface area contributed by atoms with Gasteiger partial charge < -0.3 is 16.2 Å². The van der Waals surface area contributed by atoms with Crippen LogP contribution < -0.4 is 11.1 Å². The van der Waals surface area contributed by atoms with E-state index in [0.717, 1.165) is 12.1 Å². The van der Waals surface area contributed by atoms with Gasteiger partial charge in [-0.2, -0.15) is 0 Å². The lowest BCUT2D eigenvalue weighted by atomic mass is 10.1. The second-order valence-electron chi connectivity index (χ2n) is 3.49. The maximum Gasteiger partial charge on any atom is 0.159 e. The highest BCUT2D eigenvalue weighted by atomic mass is 19.2. The summed E-state index contributed by atoms with van der Waals surface area (Å²) in [4.78, 5) is 0. The Balaban J connectivity index is 2.67. The van der Waals surface area contributed by atoms with Crippen molar-refractivity contribution in [3.05, 3.63) is 35.4 Å². The maximum absolute atomic E-state index is 13.0. The van der Waals surface area contributed by atoms with Crippen molar-refractivity contribution >= 4 is 0 Å². The van der Waals surface area contributed by atoms with Gasteiger partial charge >= 0.3 is 0 Å². The van der Waals surface area contributed by atoms with Crippen molar-refractivity contribution < 1.29 is 13.9 Å². The molecular formula is C11H16F2N2O. The Morgan fingerprint density at radius 1 is 1.31 bits per heavy atom. The molecule has 16 heavy (non-hydrogen) atoms. The zero-order chi connectivity index (χ0) is 12.0. The van der Waals surface area contributed by atoms with Crippen molar-refractivity contribution in [3.8, 4) is 0 Å². The SMILES string of the molecule is NCC(NCCCO)c1ccc(F)c(F)c1. The molecule has 0 saturated carbocycles. The molecule has 0 aliphatic heterocycles. The van der Waals surface area contributed by atoms with Crippen LogP contribution in [0.3, 0.4) is 0 Å². The Hall–Kier alpha value is -1.04. The van der Waals surface area contributed by atoms with E-state index in [-0.39, 0.29) is 19.2 Å². The zero-order valence-corrected chi connectivity index (χ0v) is 8.92. The number of hydrogen-bond donors (Lipinski definition) is 3. The van der Waals surface area contributed by atoms with Crippen LogP contribution in [-0.4, -0.2) is 24.8 Å². The van der Waals surface area contributed by atoms with Crippen LogP contribution in [0.4, 0.5) is 8.78 Å². The summed E-state index contributed by atoms with van der Waals surface area (Å²) in [6.07, 6.45) is 0.597. The van der Waals surface area contributed by atoms with Crippen LogP contribution >= 0.6 is 0 Å². The lowest BCUT2D eigenvalue weighted by molar-refractivity contribution is 0.283. The predicted octanol–water partition coefficient (Wildman–Crippen LogP) is 0.937. The van der Waals surface area contributed by atoms with Crippen LogP contribution in [0, 0.1) is 11.6 Å². The van der Waals surface area contributed by atoms with Crippen LogP contribution in [-0.2, 0) is 0 Å². The van der Waals surface area contributed by atoms with E-state index in [2.05, 4.69) is 5.32 Å². The fourth-order valence-corrected chi connectivity index (χ4v) is 1.42. The summed E-state index contributed by atoms with van der Waals surface area (Å²) in [5, 5.41) is 11.7. The zero-order valence-electron chi connectivity index (χ0n) is 8.92. The number of aliphatic hydroxyl groups is 1. The highest BCUT2D eigenvalue weighted by Gasteiger charge is 2.11. The predicted molar refractivity (Wildman–Crippen MR) is 57.9 cm³/mol. The minimum Gasteiger partial charge on any atom is -0.396 e. The van der Waals surface area contributed by atoms with Crippen molar-refractivity contribution in [2.24, 2.45) is 5.73 Å². The van der Waals surface area contributed by atoms with Gasteiger partial charge in [-0.3, -0.25) is 0 Å². The van der Waals surface area contributed by atoms with E-state index in [1.807, 2.05) is 0 Å². The molecule has 0 aliphatic rings. The van der Waals surface area contributed by atoms with E-state index in [1.165, 1.54) is 6.07 Å². The Labute approximate surface area is 93.3 Å². The summed E-state index contributed by atoms with van der Waals surface area (Å²) in [5.41, 5.74) is 6.14. The topological polar surface area (TPSA) is 58.3 Å². The third-order valence-corrected chi connectivity index (χ3v) is 2.31. The first-order valence-corrected chi connectivity index (χ1v) is 5.18. The molecule has 0 aromatic heterocycles. The third kappa shape index (κ3) is 3.52. The molecule has 1 unspecified atom stereocenters. The van der Waals surface area contributed by atoms with Gasteiger partial charge in [0.15, 0.2) is 11.6 Å². The number of nitrogens with one attached hydrogen (secondary N) is 1. The van der Waals surface area contributed by atoms with E-state index >= 15 is 0 Å².